The van der Waals surface area contributed by atoms with E-state index in [0.717, 1.165) is 12.8 Å². The Morgan fingerprint density at radius 3 is 2.79 bits per heavy atom. The van der Waals surface area contributed by atoms with Gasteiger partial charge < -0.3 is 9.88 Å². The van der Waals surface area contributed by atoms with E-state index in [1.807, 2.05) is 0 Å². The van der Waals surface area contributed by atoms with E-state index in [-0.39, 0.29) is 23.2 Å². The van der Waals surface area contributed by atoms with Gasteiger partial charge in [0.05, 0.1) is 11.4 Å². The van der Waals surface area contributed by atoms with Gasteiger partial charge in [-0.3, -0.25) is 9.59 Å². The number of hydrogen-bond acceptors (Lipinski definition) is 5. The van der Waals surface area contributed by atoms with Gasteiger partial charge in [0.1, 0.15) is 0 Å². The minimum Gasteiger partial charge on any atom is -0.362 e. The van der Waals surface area contributed by atoms with Gasteiger partial charge >= 0.3 is 0 Å². The number of anilines is 1. The third kappa shape index (κ3) is 2.74. The highest BCUT2D eigenvalue weighted by molar-refractivity contribution is 7.17. The van der Waals surface area contributed by atoms with Crippen molar-refractivity contribution in [1.29, 1.82) is 0 Å². The molecule has 1 atom stereocenters. The molecule has 0 spiro atoms. The average Bonchev–Trinajstić information content (AvgIpc) is 3.41. The Morgan fingerprint density at radius 2 is 2.00 bits per heavy atom. The molecule has 0 radical (unpaired) electrons. The van der Waals surface area contributed by atoms with E-state index in [0.29, 0.717) is 16.6 Å². The van der Waals surface area contributed by atoms with Crippen molar-refractivity contribution in [3.8, 4) is 0 Å². The fourth-order valence-electron chi connectivity index (χ4n) is 3.76. The lowest BCUT2D eigenvalue weighted by Crippen LogP contribution is -2.26. The molecule has 1 aliphatic rings. The number of thiophene rings is 1. The van der Waals surface area contributed by atoms with E-state index < -0.39 is 0 Å². The van der Waals surface area contributed by atoms with Crippen LogP contribution in [0.2, 0.25) is 0 Å². The first-order chi connectivity index (χ1) is 13.5. The van der Waals surface area contributed by atoms with Gasteiger partial charge in [0.25, 0.3) is 11.1 Å². The first-order valence-corrected chi connectivity index (χ1v) is 10.3. The highest BCUT2D eigenvalue weighted by Gasteiger charge is 2.25. The van der Waals surface area contributed by atoms with Crippen LogP contribution >= 0.6 is 11.3 Å². The molecule has 0 amide bonds. The number of benzene rings is 1. The number of hydrogen-bond donors (Lipinski definition) is 1. The number of nitrogens with zero attached hydrogens (tertiary/aromatic N) is 3. The number of aromatic nitrogens is 3. The van der Waals surface area contributed by atoms with E-state index >= 15 is 0 Å². The van der Waals surface area contributed by atoms with E-state index in [9.17, 15) is 9.59 Å². The second-order valence-electron chi connectivity index (χ2n) is 7.40. The second-order valence-corrected chi connectivity index (χ2v) is 8.35. The van der Waals surface area contributed by atoms with Gasteiger partial charge in [-0.05, 0) is 48.2 Å². The Bertz CT molecular complexity index is 1330. The molecule has 0 bridgehead atoms. The van der Waals surface area contributed by atoms with E-state index in [2.05, 4.69) is 47.0 Å². The molecule has 1 aromatic carbocycles. The Kier molecular flexibility index (Phi) is 3.87. The van der Waals surface area contributed by atoms with Crippen LogP contribution < -0.4 is 16.4 Å². The van der Waals surface area contributed by atoms with Crippen molar-refractivity contribution in [3.63, 3.8) is 0 Å². The highest BCUT2D eigenvalue weighted by atomic mass is 32.1. The van der Waals surface area contributed by atoms with Crippen LogP contribution in [0.5, 0.6) is 0 Å². The van der Waals surface area contributed by atoms with Crippen LogP contribution in [0.15, 0.2) is 51.5 Å². The van der Waals surface area contributed by atoms with Crippen LogP contribution in [0.4, 0.5) is 5.82 Å². The molecule has 7 heteroatoms. The van der Waals surface area contributed by atoms with Gasteiger partial charge in [-0.15, -0.1) is 11.3 Å². The monoisotopic (exact) mass is 392 g/mol. The Morgan fingerprint density at radius 1 is 1.18 bits per heavy atom. The number of pyridine rings is 1. The molecule has 3 aromatic heterocycles. The Hall–Kier alpha value is -2.93. The molecule has 1 unspecified atom stereocenters. The molecule has 1 fully saturated rings. The maximum Gasteiger partial charge on any atom is 0.274 e. The van der Waals surface area contributed by atoms with Crippen LogP contribution in [0, 0.1) is 0 Å². The third-order valence-electron chi connectivity index (χ3n) is 5.40. The van der Waals surface area contributed by atoms with Crippen LogP contribution in [0.1, 0.15) is 37.4 Å². The number of rotatable bonds is 4. The first kappa shape index (κ1) is 17.2. The molecule has 0 aliphatic heterocycles. The zero-order chi connectivity index (χ0) is 19.4. The van der Waals surface area contributed by atoms with Gasteiger partial charge in [-0.1, -0.05) is 12.1 Å². The van der Waals surface area contributed by atoms with Gasteiger partial charge in [0.15, 0.2) is 5.82 Å². The fourth-order valence-corrected chi connectivity index (χ4v) is 4.58. The lowest BCUT2D eigenvalue weighted by atomic mass is 10.0. The predicted molar refractivity (Wildman–Crippen MR) is 113 cm³/mol. The summed E-state index contributed by atoms with van der Waals surface area (Å²) in [6.45, 7) is 2.09. The second kappa shape index (κ2) is 6.31. The van der Waals surface area contributed by atoms with Crippen molar-refractivity contribution < 1.29 is 0 Å². The summed E-state index contributed by atoms with van der Waals surface area (Å²) in [6, 6.07) is 10.1. The summed E-state index contributed by atoms with van der Waals surface area (Å²) in [5, 5.41) is 12.4. The molecule has 28 heavy (non-hydrogen) atoms. The van der Waals surface area contributed by atoms with Crippen molar-refractivity contribution >= 4 is 38.0 Å². The lowest BCUT2D eigenvalue weighted by molar-refractivity contribution is 0.698. The molecule has 1 N–H and O–H groups in total. The molecule has 142 valence electrons. The van der Waals surface area contributed by atoms with Crippen LogP contribution in [0.3, 0.4) is 0 Å². The smallest absolute Gasteiger partial charge is 0.274 e. The quantitative estimate of drug-likeness (QED) is 0.573. The standard InChI is InChI=1S/C21H20N4O2S/c1-12(14-4-3-5-18-15(14)8-9-28-18)22-20-17-11-25(13-6-7-13)19(26)10-16(17)21(27)24(2)23-20/h3-5,8-13H,6-7H2,1-2H3,(H,22,23). The first-order valence-electron chi connectivity index (χ1n) is 9.39. The lowest BCUT2D eigenvalue weighted by Gasteiger charge is -2.18. The number of nitrogens with one attached hydrogen (secondary N) is 1. The SMILES string of the molecule is CC(Nc1nn(C)c(=O)c2cc(=O)n(C3CC3)cc12)c1cccc2sccc12. The van der Waals surface area contributed by atoms with Crippen molar-refractivity contribution in [1.82, 2.24) is 14.3 Å². The molecule has 0 saturated heterocycles. The highest BCUT2D eigenvalue weighted by Crippen LogP contribution is 2.35. The number of fused-ring (bicyclic) bond motifs is 2. The minimum absolute atomic E-state index is 0.00666. The van der Waals surface area contributed by atoms with Gasteiger partial charge in [-0.25, -0.2) is 4.68 Å². The predicted octanol–water partition coefficient (Wildman–Crippen LogP) is 3.82. The third-order valence-corrected chi connectivity index (χ3v) is 6.28. The Balaban J connectivity index is 1.65. The average molecular weight is 392 g/mol. The van der Waals surface area contributed by atoms with Crippen molar-refractivity contribution in [3.05, 3.63) is 68.2 Å². The Labute approximate surface area is 165 Å². The molecular formula is C21H20N4O2S. The molecule has 3 heterocycles. The molecule has 1 aliphatic carbocycles. The van der Waals surface area contributed by atoms with Crippen LogP contribution in [0.25, 0.3) is 20.9 Å². The normalized spacial score (nSPS) is 15.2. The number of aryl methyl sites for hydroxylation is 1. The largest absolute Gasteiger partial charge is 0.362 e. The van der Waals surface area contributed by atoms with Crippen molar-refractivity contribution in [2.45, 2.75) is 31.8 Å². The summed E-state index contributed by atoms with van der Waals surface area (Å²) >= 11 is 1.72. The summed E-state index contributed by atoms with van der Waals surface area (Å²) in [7, 11) is 1.61. The summed E-state index contributed by atoms with van der Waals surface area (Å²) in [5.74, 6) is 0.617. The van der Waals surface area contributed by atoms with Gasteiger partial charge in [0, 0.05) is 35.4 Å². The zero-order valence-electron chi connectivity index (χ0n) is 15.7. The molecular weight excluding hydrogens is 372 g/mol. The van der Waals surface area contributed by atoms with Crippen molar-refractivity contribution in [2.24, 2.45) is 7.05 Å². The zero-order valence-corrected chi connectivity index (χ0v) is 16.5. The van der Waals surface area contributed by atoms with E-state index in [1.54, 1.807) is 29.1 Å². The van der Waals surface area contributed by atoms with Crippen LogP contribution in [-0.2, 0) is 7.05 Å². The summed E-state index contributed by atoms with van der Waals surface area (Å²) in [4.78, 5) is 25.0. The topological polar surface area (TPSA) is 68.9 Å². The van der Waals surface area contributed by atoms with Gasteiger partial charge in [-0.2, -0.15) is 5.10 Å². The molecule has 4 aromatic rings. The van der Waals surface area contributed by atoms with E-state index in [1.165, 1.54) is 26.4 Å². The molecule has 5 rings (SSSR count). The van der Waals surface area contributed by atoms with Crippen LogP contribution in [-0.4, -0.2) is 14.3 Å². The maximum absolute atomic E-state index is 12.6. The van der Waals surface area contributed by atoms with Crippen molar-refractivity contribution in [2.75, 3.05) is 5.32 Å². The van der Waals surface area contributed by atoms with Gasteiger partial charge in [0.2, 0.25) is 0 Å². The molecule has 6 nitrogen and oxygen atoms in total. The summed E-state index contributed by atoms with van der Waals surface area (Å²) < 4.78 is 4.27. The van der Waals surface area contributed by atoms with E-state index in [4.69, 9.17) is 0 Å². The molecule has 1 saturated carbocycles. The minimum atomic E-state index is -0.256. The maximum atomic E-state index is 12.6. The summed E-state index contributed by atoms with van der Waals surface area (Å²) in [5.41, 5.74) is 0.798. The fraction of sp³-hybridized carbons (Fsp3) is 0.286. The summed E-state index contributed by atoms with van der Waals surface area (Å²) in [6.07, 6.45) is 3.80.